The molecule has 39 heavy (non-hydrogen) atoms. The number of carbonyl (C=O) groups is 1. The normalized spacial score (nSPS) is 11.6. The third-order valence-electron chi connectivity index (χ3n) is 5.68. The van der Waals surface area contributed by atoms with Gasteiger partial charge in [-0.1, -0.05) is 15.9 Å². The molecule has 2 heterocycles. The monoisotopic (exact) mass is 593 g/mol. The Balaban J connectivity index is 1.37. The number of ether oxygens (including phenoxy) is 3. The standard InChI is InChI=1S/C30H32BrN3O5/c1-19-7-8-20(2)34(19)23-9-11-24(12-10-23)37-18-25-13-14-26(38-25)29(35)33-32-17-21-15-22(31)16-27(36-6)28(21)39-30(3,4)5/h7-17H,18H2,1-6H3,(H,33,35). The topological polar surface area (TPSA) is 87.2 Å². The number of rotatable bonds is 9. The molecule has 1 amide bonds. The van der Waals surface area contributed by atoms with E-state index in [-0.39, 0.29) is 12.4 Å². The van der Waals surface area contributed by atoms with Crippen LogP contribution in [0.5, 0.6) is 17.2 Å². The number of nitrogens with zero attached hydrogens (tertiary/aromatic N) is 2. The summed E-state index contributed by atoms with van der Waals surface area (Å²) in [5, 5.41) is 4.10. The highest BCUT2D eigenvalue weighted by atomic mass is 79.9. The summed E-state index contributed by atoms with van der Waals surface area (Å²) in [4.78, 5) is 12.6. The Morgan fingerprint density at radius 2 is 1.74 bits per heavy atom. The van der Waals surface area contributed by atoms with E-state index in [9.17, 15) is 4.79 Å². The van der Waals surface area contributed by atoms with Crippen molar-refractivity contribution in [2.75, 3.05) is 7.11 Å². The first kappa shape index (κ1) is 28.0. The number of aromatic nitrogens is 1. The summed E-state index contributed by atoms with van der Waals surface area (Å²) >= 11 is 3.47. The highest BCUT2D eigenvalue weighted by Crippen LogP contribution is 2.36. The molecule has 0 fully saturated rings. The molecule has 0 aliphatic rings. The molecule has 8 nitrogen and oxygen atoms in total. The van der Waals surface area contributed by atoms with Crippen LogP contribution in [0.2, 0.25) is 0 Å². The zero-order chi connectivity index (χ0) is 28.2. The van der Waals surface area contributed by atoms with Gasteiger partial charge in [0.25, 0.3) is 0 Å². The van der Waals surface area contributed by atoms with Gasteiger partial charge in [0.1, 0.15) is 23.7 Å². The summed E-state index contributed by atoms with van der Waals surface area (Å²) in [6.07, 6.45) is 1.50. The highest BCUT2D eigenvalue weighted by molar-refractivity contribution is 9.10. The molecule has 0 aliphatic heterocycles. The number of methoxy groups -OCH3 is 1. The Morgan fingerprint density at radius 1 is 1.05 bits per heavy atom. The maximum atomic E-state index is 12.6. The van der Waals surface area contributed by atoms with Crippen molar-refractivity contribution in [2.24, 2.45) is 5.10 Å². The van der Waals surface area contributed by atoms with Crippen molar-refractivity contribution < 1.29 is 23.4 Å². The predicted molar refractivity (Wildman–Crippen MR) is 154 cm³/mol. The molecule has 0 atom stereocenters. The van der Waals surface area contributed by atoms with Crippen molar-refractivity contribution in [1.82, 2.24) is 9.99 Å². The molecule has 4 rings (SSSR count). The van der Waals surface area contributed by atoms with Crippen molar-refractivity contribution in [3.63, 3.8) is 0 Å². The van der Waals surface area contributed by atoms with Gasteiger partial charge in [0.05, 0.1) is 13.3 Å². The van der Waals surface area contributed by atoms with E-state index in [0.29, 0.717) is 28.6 Å². The molecular weight excluding hydrogens is 562 g/mol. The fraction of sp³-hybridized carbons (Fsp3) is 0.267. The first-order chi connectivity index (χ1) is 18.5. The average molecular weight is 595 g/mol. The molecule has 1 N–H and O–H groups in total. The zero-order valence-electron chi connectivity index (χ0n) is 22.9. The number of nitrogens with one attached hydrogen (secondary N) is 1. The lowest BCUT2D eigenvalue weighted by molar-refractivity contribution is 0.0923. The molecule has 0 saturated heterocycles. The minimum atomic E-state index is -0.487. The van der Waals surface area contributed by atoms with Gasteiger partial charge in [-0.2, -0.15) is 5.10 Å². The summed E-state index contributed by atoms with van der Waals surface area (Å²) in [5.41, 5.74) is 6.08. The number of aryl methyl sites for hydroxylation is 2. The number of hydrogen-bond acceptors (Lipinski definition) is 6. The minimum Gasteiger partial charge on any atom is -0.493 e. The summed E-state index contributed by atoms with van der Waals surface area (Å²) in [5.74, 6) is 1.92. The van der Waals surface area contributed by atoms with E-state index >= 15 is 0 Å². The molecule has 0 unspecified atom stereocenters. The van der Waals surface area contributed by atoms with Gasteiger partial charge < -0.3 is 23.2 Å². The lowest BCUT2D eigenvalue weighted by Crippen LogP contribution is -2.24. The molecule has 4 aromatic rings. The van der Waals surface area contributed by atoms with Crippen LogP contribution in [0.3, 0.4) is 0 Å². The third kappa shape index (κ3) is 7.11. The Labute approximate surface area is 236 Å². The van der Waals surface area contributed by atoms with Gasteiger partial charge in [0.2, 0.25) is 0 Å². The van der Waals surface area contributed by atoms with Gasteiger partial charge >= 0.3 is 5.91 Å². The van der Waals surface area contributed by atoms with Crippen LogP contribution in [0.1, 0.15) is 54.0 Å². The van der Waals surface area contributed by atoms with Crippen LogP contribution < -0.4 is 19.6 Å². The number of halogens is 1. The molecule has 204 valence electrons. The summed E-state index contributed by atoms with van der Waals surface area (Å²) in [6, 6.07) is 18.9. The fourth-order valence-corrected chi connectivity index (χ4v) is 4.42. The van der Waals surface area contributed by atoms with Gasteiger partial charge in [-0.15, -0.1) is 0 Å². The van der Waals surface area contributed by atoms with Gasteiger partial charge in [0.15, 0.2) is 17.3 Å². The largest absolute Gasteiger partial charge is 0.493 e. The van der Waals surface area contributed by atoms with Gasteiger partial charge in [-0.05, 0) is 95.3 Å². The van der Waals surface area contributed by atoms with Crippen molar-refractivity contribution in [3.05, 3.63) is 93.6 Å². The van der Waals surface area contributed by atoms with Crippen LogP contribution in [0.4, 0.5) is 0 Å². The van der Waals surface area contributed by atoms with Gasteiger partial charge in [-0.25, -0.2) is 5.43 Å². The van der Waals surface area contributed by atoms with E-state index in [1.54, 1.807) is 19.2 Å². The second-order valence-corrected chi connectivity index (χ2v) is 10.9. The van der Waals surface area contributed by atoms with Crippen LogP contribution in [0.15, 0.2) is 74.7 Å². The molecule has 2 aromatic heterocycles. The lowest BCUT2D eigenvalue weighted by Gasteiger charge is -2.24. The van der Waals surface area contributed by atoms with E-state index in [0.717, 1.165) is 10.2 Å². The maximum Gasteiger partial charge on any atom is 0.307 e. The molecule has 0 radical (unpaired) electrons. The summed E-state index contributed by atoms with van der Waals surface area (Å²) < 4.78 is 26.0. The average Bonchev–Trinajstić information content (AvgIpc) is 3.50. The molecular formula is C30H32BrN3O5. The fourth-order valence-electron chi connectivity index (χ4n) is 3.97. The van der Waals surface area contributed by atoms with Crippen molar-refractivity contribution in [2.45, 2.75) is 46.8 Å². The second kappa shape index (κ2) is 11.8. The quantitative estimate of drug-likeness (QED) is 0.167. The van der Waals surface area contributed by atoms with Gasteiger partial charge in [-0.3, -0.25) is 4.79 Å². The summed E-state index contributed by atoms with van der Waals surface area (Å²) in [6.45, 7) is 10.2. The van der Waals surface area contributed by atoms with E-state index in [4.69, 9.17) is 18.6 Å². The number of hydrazone groups is 1. The SMILES string of the molecule is COc1cc(Br)cc(C=NNC(=O)c2ccc(COc3ccc(-n4c(C)ccc4C)cc3)o2)c1OC(C)(C)C. The van der Waals surface area contributed by atoms with Crippen LogP contribution in [-0.4, -0.2) is 29.4 Å². The second-order valence-electron chi connectivity index (χ2n) is 9.94. The van der Waals surface area contributed by atoms with Crippen LogP contribution in [0.25, 0.3) is 5.69 Å². The van der Waals surface area contributed by atoms with Crippen LogP contribution in [-0.2, 0) is 6.61 Å². The molecule has 9 heteroatoms. The van der Waals surface area contributed by atoms with Crippen molar-refractivity contribution in [1.29, 1.82) is 0 Å². The minimum absolute atomic E-state index is 0.123. The van der Waals surface area contributed by atoms with Crippen molar-refractivity contribution >= 4 is 28.1 Å². The predicted octanol–water partition coefficient (Wildman–Crippen LogP) is 6.98. The molecule has 2 aromatic carbocycles. The molecule has 0 bridgehead atoms. The number of furan rings is 1. The van der Waals surface area contributed by atoms with E-state index in [2.05, 4.69) is 57.0 Å². The Hall–Kier alpha value is -3.98. The van der Waals surface area contributed by atoms with Crippen LogP contribution >= 0.6 is 15.9 Å². The number of amides is 1. The van der Waals surface area contributed by atoms with Gasteiger partial charge in [0, 0.05) is 27.1 Å². The van der Waals surface area contributed by atoms with E-state index in [1.165, 1.54) is 17.6 Å². The third-order valence-corrected chi connectivity index (χ3v) is 6.14. The van der Waals surface area contributed by atoms with E-state index < -0.39 is 11.5 Å². The number of hydrogen-bond donors (Lipinski definition) is 1. The molecule has 0 aliphatic carbocycles. The first-order valence-corrected chi connectivity index (χ1v) is 13.2. The Morgan fingerprint density at radius 3 is 2.38 bits per heavy atom. The Bertz CT molecular complexity index is 1460. The number of carbonyl (C=O) groups excluding carboxylic acids is 1. The van der Waals surface area contributed by atoms with E-state index in [1.807, 2.05) is 57.2 Å². The smallest absolute Gasteiger partial charge is 0.307 e. The summed E-state index contributed by atoms with van der Waals surface area (Å²) in [7, 11) is 1.57. The molecule has 0 spiro atoms. The number of benzene rings is 2. The first-order valence-electron chi connectivity index (χ1n) is 12.4. The Kier molecular flexibility index (Phi) is 8.50. The highest BCUT2D eigenvalue weighted by Gasteiger charge is 2.19. The van der Waals surface area contributed by atoms with Crippen molar-refractivity contribution in [3.8, 4) is 22.9 Å². The zero-order valence-corrected chi connectivity index (χ0v) is 24.5. The maximum absolute atomic E-state index is 12.6. The molecule has 0 saturated carbocycles. The lowest BCUT2D eigenvalue weighted by atomic mass is 10.1. The van der Waals surface area contributed by atoms with Crippen LogP contribution in [0, 0.1) is 13.8 Å².